The summed E-state index contributed by atoms with van der Waals surface area (Å²) in [4.78, 5) is 0. The Balaban J connectivity index is 2.88. The lowest BCUT2D eigenvalue weighted by molar-refractivity contribution is -0.137. The summed E-state index contributed by atoms with van der Waals surface area (Å²) in [5.41, 5.74) is -0.207. The molecule has 0 heterocycles. The second-order valence-electron chi connectivity index (χ2n) is 3.25. The Bertz CT molecular complexity index is 344. The van der Waals surface area contributed by atoms with Gasteiger partial charge < -0.3 is 5.32 Å². The summed E-state index contributed by atoms with van der Waals surface area (Å²) in [5, 5.41) is 2.89. The highest BCUT2D eigenvalue weighted by molar-refractivity contribution is 5.47. The van der Waals surface area contributed by atoms with E-state index in [0.29, 0.717) is 5.69 Å². The van der Waals surface area contributed by atoms with Gasteiger partial charge in [-0.05, 0) is 25.1 Å². The van der Waals surface area contributed by atoms with Gasteiger partial charge in [0.25, 0.3) is 0 Å². The predicted octanol–water partition coefficient (Wildman–Crippen LogP) is 3.69. The van der Waals surface area contributed by atoms with Gasteiger partial charge in [0.05, 0.1) is 5.56 Å². The third-order valence-corrected chi connectivity index (χ3v) is 1.94. The molecular weight excluding hydrogens is 203 g/mol. The van der Waals surface area contributed by atoms with Crippen LogP contribution in [0.25, 0.3) is 0 Å². The van der Waals surface area contributed by atoms with Crippen LogP contribution in [-0.2, 0) is 6.18 Å². The van der Waals surface area contributed by atoms with E-state index in [1.165, 1.54) is 6.07 Å². The number of benzene rings is 1. The minimum absolute atomic E-state index is 0.0616. The molecule has 4 heteroatoms. The standard InChI is InChI=1S/C11H12F3N/c1-3-8(2)15-10-6-4-5-9(7-10)11(12,13)14/h3-8,15H,1H2,2H3. The van der Waals surface area contributed by atoms with Crippen molar-refractivity contribution < 1.29 is 13.2 Å². The second kappa shape index (κ2) is 4.38. The van der Waals surface area contributed by atoms with Crippen molar-refractivity contribution in [2.24, 2.45) is 0 Å². The lowest BCUT2D eigenvalue weighted by Crippen LogP contribution is -2.12. The molecule has 1 N–H and O–H groups in total. The normalized spacial score (nSPS) is 13.3. The molecule has 0 radical (unpaired) electrons. The molecule has 1 nitrogen and oxygen atoms in total. The lowest BCUT2D eigenvalue weighted by atomic mass is 10.2. The lowest BCUT2D eigenvalue weighted by Gasteiger charge is -2.13. The molecule has 0 aliphatic rings. The molecule has 1 aromatic carbocycles. The average Bonchev–Trinajstić information content (AvgIpc) is 2.17. The van der Waals surface area contributed by atoms with E-state index >= 15 is 0 Å². The molecule has 0 bridgehead atoms. The minimum Gasteiger partial charge on any atom is -0.379 e. The van der Waals surface area contributed by atoms with Crippen LogP contribution in [0.1, 0.15) is 12.5 Å². The molecule has 15 heavy (non-hydrogen) atoms. The number of anilines is 1. The highest BCUT2D eigenvalue weighted by Gasteiger charge is 2.30. The molecule has 1 aromatic rings. The van der Waals surface area contributed by atoms with Crippen molar-refractivity contribution in [3.63, 3.8) is 0 Å². The molecular formula is C11H12F3N. The summed E-state index contributed by atoms with van der Waals surface area (Å²) in [6.45, 7) is 5.36. The number of rotatable bonds is 3. The first kappa shape index (κ1) is 11.6. The van der Waals surface area contributed by atoms with E-state index in [1.54, 1.807) is 12.1 Å². The van der Waals surface area contributed by atoms with Gasteiger partial charge in [0.2, 0.25) is 0 Å². The van der Waals surface area contributed by atoms with Crippen LogP contribution >= 0.6 is 0 Å². The van der Waals surface area contributed by atoms with E-state index in [1.807, 2.05) is 6.92 Å². The van der Waals surface area contributed by atoms with Crippen molar-refractivity contribution in [2.45, 2.75) is 19.1 Å². The molecule has 0 aromatic heterocycles. The summed E-state index contributed by atoms with van der Waals surface area (Å²) in [6, 6.07) is 5.04. The van der Waals surface area contributed by atoms with E-state index in [-0.39, 0.29) is 6.04 Å². The van der Waals surface area contributed by atoms with E-state index in [9.17, 15) is 13.2 Å². The average molecular weight is 215 g/mol. The van der Waals surface area contributed by atoms with Gasteiger partial charge in [0.15, 0.2) is 0 Å². The molecule has 0 aliphatic heterocycles. The highest BCUT2D eigenvalue weighted by atomic mass is 19.4. The minimum atomic E-state index is -4.30. The maximum atomic E-state index is 12.3. The number of nitrogens with one attached hydrogen (secondary N) is 1. The molecule has 0 fully saturated rings. The van der Waals surface area contributed by atoms with Gasteiger partial charge in [-0.25, -0.2) is 0 Å². The van der Waals surface area contributed by atoms with Crippen molar-refractivity contribution in [2.75, 3.05) is 5.32 Å². The van der Waals surface area contributed by atoms with Gasteiger partial charge in [-0.2, -0.15) is 13.2 Å². The molecule has 0 saturated heterocycles. The fourth-order valence-electron chi connectivity index (χ4n) is 1.11. The number of hydrogen-bond donors (Lipinski definition) is 1. The fourth-order valence-corrected chi connectivity index (χ4v) is 1.11. The Morgan fingerprint density at radius 1 is 1.40 bits per heavy atom. The zero-order valence-electron chi connectivity index (χ0n) is 8.31. The number of alkyl halides is 3. The highest BCUT2D eigenvalue weighted by Crippen LogP contribution is 2.30. The molecule has 0 amide bonds. The Kier molecular flexibility index (Phi) is 3.39. The van der Waals surface area contributed by atoms with E-state index < -0.39 is 11.7 Å². The van der Waals surface area contributed by atoms with Crippen LogP contribution in [0, 0.1) is 0 Å². The van der Waals surface area contributed by atoms with E-state index in [0.717, 1.165) is 12.1 Å². The molecule has 82 valence electrons. The van der Waals surface area contributed by atoms with Crippen molar-refractivity contribution >= 4 is 5.69 Å². The van der Waals surface area contributed by atoms with Crippen LogP contribution in [0.4, 0.5) is 18.9 Å². The number of hydrogen-bond acceptors (Lipinski definition) is 1. The fraction of sp³-hybridized carbons (Fsp3) is 0.273. The van der Waals surface area contributed by atoms with E-state index in [4.69, 9.17) is 0 Å². The zero-order valence-corrected chi connectivity index (χ0v) is 8.31. The van der Waals surface area contributed by atoms with Crippen molar-refractivity contribution in [1.82, 2.24) is 0 Å². The van der Waals surface area contributed by atoms with Crippen LogP contribution in [0.2, 0.25) is 0 Å². The Labute approximate surface area is 86.6 Å². The quantitative estimate of drug-likeness (QED) is 0.758. The molecule has 0 saturated carbocycles. The van der Waals surface area contributed by atoms with Crippen LogP contribution in [0.3, 0.4) is 0 Å². The van der Waals surface area contributed by atoms with Crippen LogP contribution in [0.5, 0.6) is 0 Å². The summed E-state index contributed by atoms with van der Waals surface area (Å²) < 4.78 is 37.0. The summed E-state index contributed by atoms with van der Waals surface area (Å²) in [7, 11) is 0. The van der Waals surface area contributed by atoms with Crippen LogP contribution in [-0.4, -0.2) is 6.04 Å². The number of halogens is 3. The SMILES string of the molecule is C=CC(C)Nc1cccc(C(F)(F)F)c1. The van der Waals surface area contributed by atoms with Gasteiger partial charge in [-0.1, -0.05) is 12.1 Å². The summed E-state index contributed by atoms with van der Waals surface area (Å²) in [6.07, 6.45) is -2.67. The maximum absolute atomic E-state index is 12.3. The molecule has 1 unspecified atom stereocenters. The first-order valence-electron chi connectivity index (χ1n) is 4.50. The Morgan fingerprint density at radius 3 is 2.60 bits per heavy atom. The van der Waals surface area contributed by atoms with Gasteiger partial charge >= 0.3 is 6.18 Å². The van der Waals surface area contributed by atoms with Crippen molar-refractivity contribution in [3.8, 4) is 0 Å². The smallest absolute Gasteiger partial charge is 0.379 e. The predicted molar refractivity (Wildman–Crippen MR) is 54.7 cm³/mol. The molecule has 0 aliphatic carbocycles. The first-order chi connectivity index (χ1) is 6.93. The molecule has 1 rings (SSSR count). The first-order valence-corrected chi connectivity index (χ1v) is 4.50. The van der Waals surface area contributed by atoms with Crippen molar-refractivity contribution in [1.29, 1.82) is 0 Å². The van der Waals surface area contributed by atoms with Gasteiger partial charge in [-0.3, -0.25) is 0 Å². The Hall–Kier alpha value is -1.45. The molecule has 0 spiro atoms. The van der Waals surface area contributed by atoms with Gasteiger partial charge in [-0.15, -0.1) is 6.58 Å². The third kappa shape index (κ3) is 3.31. The maximum Gasteiger partial charge on any atom is 0.416 e. The van der Waals surface area contributed by atoms with Gasteiger partial charge in [0, 0.05) is 11.7 Å². The van der Waals surface area contributed by atoms with Crippen molar-refractivity contribution in [3.05, 3.63) is 42.5 Å². The zero-order chi connectivity index (χ0) is 11.5. The summed E-state index contributed by atoms with van der Waals surface area (Å²) in [5.74, 6) is 0. The summed E-state index contributed by atoms with van der Waals surface area (Å²) >= 11 is 0. The Morgan fingerprint density at radius 2 is 2.07 bits per heavy atom. The largest absolute Gasteiger partial charge is 0.416 e. The third-order valence-electron chi connectivity index (χ3n) is 1.94. The van der Waals surface area contributed by atoms with Gasteiger partial charge in [0.1, 0.15) is 0 Å². The molecule has 1 atom stereocenters. The van der Waals surface area contributed by atoms with Crippen LogP contribution in [0.15, 0.2) is 36.9 Å². The monoisotopic (exact) mass is 215 g/mol. The van der Waals surface area contributed by atoms with Crippen LogP contribution < -0.4 is 5.32 Å². The second-order valence-corrected chi connectivity index (χ2v) is 3.25. The topological polar surface area (TPSA) is 12.0 Å². The van der Waals surface area contributed by atoms with E-state index in [2.05, 4.69) is 11.9 Å².